The molecule has 3 heteroatoms. The number of benzene rings is 1. The second-order valence-corrected chi connectivity index (χ2v) is 4.44. The van der Waals surface area contributed by atoms with Crippen molar-refractivity contribution in [2.24, 2.45) is 5.92 Å². The first-order valence-electron chi connectivity index (χ1n) is 6.29. The number of hydrogen-bond acceptors (Lipinski definition) is 1. The molecule has 1 rings (SSSR count). The van der Waals surface area contributed by atoms with Crippen molar-refractivity contribution in [3.05, 3.63) is 35.4 Å². The summed E-state index contributed by atoms with van der Waals surface area (Å²) in [4.78, 5) is 0. The first-order chi connectivity index (χ1) is 8.11. The van der Waals surface area contributed by atoms with Crippen LogP contribution in [0.3, 0.4) is 0 Å². The van der Waals surface area contributed by atoms with Gasteiger partial charge in [0.15, 0.2) is 11.6 Å². The van der Waals surface area contributed by atoms with Gasteiger partial charge in [-0.1, -0.05) is 39.3 Å². The Balaban J connectivity index is 3.00. The topological polar surface area (TPSA) is 12.0 Å². The van der Waals surface area contributed by atoms with Gasteiger partial charge in [0.05, 0.1) is 0 Å². The van der Waals surface area contributed by atoms with Gasteiger partial charge in [-0.2, -0.15) is 0 Å². The van der Waals surface area contributed by atoms with E-state index in [0.29, 0.717) is 5.56 Å². The molecule has 0 saturated carbocycles. The first-order valence-corrected chi connectivity index (χ1v) is 6.29. The minimum absolute atomic E-state index is 0.115. The lowest BCUT2D eigenvalue weighted by molar-refractivity contribution is 0.353. The molecule has 1 nitrogen and oxygen atoms in total. The average molecular weight is 241 g/mol. The molecule has 0 aliphatic rings. The summed E-state index contributed by atoms with van der Waals surface area (Å²) in [7, 11) is 0. The number of halogens is 2. The van der Waals surface area contributed by atoms with E-state index in [1.165, 1.54) is 0 Å². The first kappa shape index (κ1) is 14.1. The zero-order valence-corrected chi connectivity index (χ0v) is 10.8. The minimum atomic E-state index is -0.769. The van der Waals surface area contributed by atoms with Crippen LogP contribution in [0.2, 0.25) is 0 Å². The van der Waals surface area contributed by atoms with Crippen molar-refractivity contribution in [3.8, 4) is 0 Å². The lowest BCUT2D eigenvalue weighted by Crippen LogP contribution is -2.28. The predicted molar refractivity (Wildman–Crippen MR) is 66.8 cm³/mol. The standard InChI is InChI=1S/C14H21F2N/c1-4-7-10(3)14(17-5-2)11-8-6-9-12(15)13(11)16/h6,8-10,14,17H,4-5,7H2,1-3H3. The quantitative estimate of drug-likeness (QED) is 0.792. The maximum atomic E-state index is 13.8. The number of nitrogens with one attached hydrogen (secondary N) is 1. The zero-order chi connectivity index (χ0) is 12.8. The molecule has 1 aromatic carbocycles. The molecule has 96 valence electrons. The Labute approximate surface area is 102 Å². The van der Waals surface area contributed by atoms with E-state index in [9.17, 15) is 8.78 Å². The Bertz CT molecular complexity index is 352. The van der Waals surface area contributed by atoms with Crippen LogP contribution in [0.4, 0.5) is 8.78 Å². The van der Waals surface area contributed by atoms with Crippen LogP contribution in [0.5, 0.6) is 0 Å². The Kier molecular flexibility index (Phi) is 5.56. The van der Waals surface area contributed by atoms with Crippen LogP contribution < -0.4 is 5.32 Å². The van der Waals surface area contributed by atoms with Gasteiger partial charge in [-0.15, -0.1) is 0 Å². The SMILES string of the molecule is CCCC(C)C(NCC)c1cccc(F)c1F. The Morgan fingerprint density at radius 1 is 1.24 bits per heavy atom. The summed E-state index contributed by atoms with van der Waals surface area (Å²) in [5, 5.41) is 3.24. The van der Waals surface area contributed by atoms with E-state index in [-0.39, 0.29) is 12.0 Å². The molecule has 0 radical (unpaired) electrons. The van der Waals surface area contributed by atoms with Crippen molar-refractivity contribution in [2.75, 3.05) is 6.54 Å². The highest BCUT2D eigenvalue weighted by Gasteiger charge is 2.22. The third-order valence-electron chi connectivity index (χ3n) is 3.05. The van der Waals surface area contributed by atoms with Crippen LogP contribution in [0.25, 0.3) is 0 Å². The zero-order valence-electron chi connectivity index (χ0n) is 10.8. The minimum Gasteiger partial charge on any atom is -0.310 e. The fourth-order valence-electron chi connectivity index (χ4n) is 2.22. The molecule has 0 bridgehead atoms. The van der Waals surface area contributed by atoms with Crippen LogP contribution in [-0.2, 0) is 0 Å². The van der Waals surface area contributed by atoms with Crippen molar-refractivity contribution < 1.29 is 8.78 Å². The lowest BCUT2D eigenvalue weighted by Gasteiger charge is -2.25. The molecule has 0 heterocycles. The Morgan fingerprint density at radius 2 is 1.94 bits per heavy atom. The van der Waals surface area contributed by atoms with Crippen LogP contribution in [0.1, 0.15) is 45.2 Å². The molecule has 0 aliphatic heterocycles. The van der Waals surface area contributed by atoms with E-state index in [1.807, 2.05) is 6.92 Å². The average Bonchev–Trinajstić information content (AvgIpc) is 2.30. The van der Waals surface area contributed by atoms with Crippen LogP contribution in [0, 0.1) is 17.6 Å². The van der Waals surface area contributed by atoms with E-state index in [4.69, 9.17) is 0 Å². The third kappa shape index (κ3) is 3.50. The maximum absolute atomic E-state index is 13.8. The summed E-state index contributed by atoms with van der Waals surface area (Å²) in [6.07, 6.45) is 2.04. The fourth-order valence-corrected chi connectivity index (χ4v) is 2.22. The van der Waals surface area contributed by atoms with Gasteiger partial charge in [0.1, 0.15) is 0 Å². The van der Waals surface area contributed by atoms with Gasteiger partial charge >= 0.3 is 0 Å². The van der Waals surface area contributed by atoms with Crippen molar-refractivity contribution >= 4 is 0 Å². The highest BCUT2D eigenvalue weighted by Crippen LogP contribution is 2.28. The van der Waals surface area contributed by atoms with Crippen LogP contribution >= 0.6 is 0 Å². The summed E-state index contributed by atoms with van der Waals surface area (Å²) < 4.78 is 27.0. The Morgan fingerprint density at radius 3 is 2.53 bits per heavy atom. The van der Waals surface area contributed by atoms with Crippen molar-refractivity contribution in [3.63, 3.8) is 0 Å². The van der Waals surface area contributed by atoms with E-state index >= 15 is 0 Å². The largest absolute Gasteiger partial charge is 0.310 e. The molecular formula is C14H21F2N. The molecule has 0 aromatic heterocycles. The van der Waals surface area contributed by atoms with Gasteiger partial charge in [0, 0.05) is 11.6 Å². The Hall–Kier alpha value is -0.960. The molecule has 0 fully saturated rings. The van der Waals surface area contributed by atoms with E-state index in [2.05, 4.69) is 19.2 Å². The molecule has 2 atom stereocenters. The van der Waals surface area contributed by atoms with Crippen molar-refractivity contribution in [1.29, 1.82) is 0 Å². The van der Waals surface area contributed by atoms with Gasteiger partial charge in [-0.05, 0) is 24.9 Å². The lowest BCUT2D eigenvalue weighted by atomic mass is 9.90. The monoisotopic (exact) mass is 241 g/mol. The van der Waals surface area contributed by atoms with Crippen molar-refractivity contribution in [2.45, 2.75) is 39.7 Å². The normalized spacial score (nSPS) is 14.6. The summed E-state index contributed by atoms with van der Waals surface area (Å²) in [6, 6.07) is 4.27. The molecule has 0 amide bonds. The second kappa shape index (κ2) is 6.70. The van der Waals surface area contributed by atoms with Crippen LogP contribution in [-0.4, -0.2) is 6.54 Å². The molecule has 0 saturated heterocycles. The van der Waals surface area contributed by atoms with Crippen molar-refractivity contribution in [1.82, 2.24) is 5.32 Å². The fraction of sp³-hybridized carbons (Fsp3) is 0.571. The predicted octanol–water partition coefficient (Wildman–Crippen LogP) is 4.05. The summed E-state index contributed by atoms with van der Waals surface area (Å²) >= 11 is 0. The molecule has 2 unspecified atom stereocenters. The molecule has 1 N–H and O–H groups in total. The number of rotatable bonds is 6. The van der Waals surface area contributed by atoms with E-state index in [1.54, 1.807) is 12.1 Å². The summed E-state index contributed by atoms with van der Waals surface area (Å²) in [5.74, 6) is -1.20. The number of hydrogen-bond donors (Lipinski definition) is 1. The second-order valence-electron chi connectivity index (χ2n) is 4.44. The highest BCUT2D eigenvalue weighted by atomic mass is 19.2. The van der Waals surface area contributed by atoms with Gasteiger partial charge in [-0.25, -0.2) is 8.78 Å². The third-order valence-corrected chi connectivity index (χ3v) is 3.05. The molecule has 17 heavy (non-hydrogen) atoms. The van der Waals surface area contributed by atoms with E-state index in [0.717, 1.165) is 25.5 Å². The molecule has 0 spiro atoms. The smallest absolute Gasteiger partial charge is 0.163 e. The van der Waals surface area contributed by atoms with Gasteiger partial charge in [0.25, 0.3) is 0 Å². The maximum Gasteiger partial charge on any atom is 0.163 e. The molecule has 0 aliphatic carbocycles. The van der Waals surface area contributed by atoms with Gasteiger partial charge in [-0.3, -0.25) is 0 Å². The molecule has 1 aromatic rings. The van der Waals surface area contributed by atoms with E-state index < -0.39 is 11.6 Å². The van der Waals surface area contributed by atoms with Gasteiger partial charge in [0.2, 0.25) is 0 Å². The van der Waals surface area contributed by atoms with Gasteiger partial charge < -0.3 is 5.32 Å². The summed E-state index contributed by atoms with van der Waals surface area (Å²) in [6.45, 7) is 6.89. The summed E-state index contributed by atoms with van der Waals surface area (Å²) in [5.41, 5.74) is 0.438. The highest BCUT2D eigenvalue weighted by molar-refractivity contribution is 5.23. The van der Waals surface area contributed by atoms with Crippen LogP contribution in [0.15, 0.2) is 18.2 Å². The molecular weight excluding hydrogens is 220 g/mol.